The topological polar surface area (TPSA) is 110 Å². The molecule has 0 spiro atoms. The quantitative estimate of drug-likeness (QED) is 0.670. The van der Waals surface area contributed by atoms with Gasteiger partial charge in [-0.1, -0.05) is 13.8 Å². The molecule has 2 heterocycles. The zero-order chi connectivity index (χ0) is 24.4. The van der Waals surface area contributed by atoms with Crippen LogP contribution in [0.5, 0.6) is 0 Å². The van der Waals surface area contributed by atoms with E-state index in [0.717, 1.165) is 12.1 Å². The molecule has 2 aromatic rings. The second-order valence-corrected chi connectivity index (χ2v) is 5.46. The van der Waals surface area contributed by atoms with E-state index in [9.17, 15) is 39.9 Å². The van der Waals surface area contributed by atoms with Gasteiger partial charge in [0.25, 0.3) is 5.91 Å². The van der Waals surface area contributed by atoms with Crippen LogP contribution in [0.1, 0.15) is 41.2 Å². The van der Waals surface area contributed by atoms with Gasteiger partial charge in [0.15, 0.2) is 5.69 Å². The summed E-state index contributed by atoms with van der Waals surface area (Å²) in [6.45, 7) is 4.00. The number of carbonyl (C=O) groups excluding carboxylic acids is 1. The van der Waals surface area contributed by atoms with Gasteiger partial charge in [-0.2, -0.15) is 45.5 Å². The highest BCUT2D eigenvalue weighted by Crippen LogP contribution is 2.49. The number of hydrogen-bond donors (Lipinski definition) is 2. The van der Waals surface area contributed by atoms with E-state index in [1.807, 2.05) is 13.8 Å². The number of hydrogen-bond acceptors (Lipinski definition) is 5. The van der Waals surface area contributed by atoms with E-state index in [0.29, 0.717) is 7.05 Å². The Morgan fingerprint density at radius 2 is 1.68 bits per heavy atom. The van der Waals surface area contributed by atoms with Crippen molar-refractivity contribution in [1.29, 1.82) is 5.26 Å². The van der Waals surface area contributed by atoms with Crippen LogP contribution in [0, 0.1) is 11.3 Å². The molecule has 0 aromatic carbocycles. The first-order chi connectivity index (χ1) is 14.1. The molecule has 0 aliphatic heterocycles. The van der Waals surface area contributed by atoms with E-state index in [1.165, 1.54) is 0 Å². The van der Waals surface area contributed by atoms with Gasteiger partial charge in [0, 0.05) is 7.05 Å². The lowest BCUT2D eigenvalue weighted by Gasteiger charge is -2.19. The Labute approximate surface area is 169 Å². The fraction of sp³-hybridized carbons (Fsp3) is 0.375. The van der Waals surface area contributed by atoms with Gasteiger partial charge in [0.2, 0.25) is 0 Å². The van der Waals surface area contributed by atoms with Crippen LogP contribution in [0.15, 0.2) is 12.1 Å². The van der Waals surface area contributed by atoms with Crippen molar-refractivity contribution in [1.82, 2.24) is 14.8 Å². The summed E-state index contributed by atoms with van der Waals surface area (Å²) in [7, 11) is 0.626. The van der Waals surface area contributed by atoms with Gasteiger partial charge in [-0.05, 0) is 12.1 Å². The molecule has 0 atom stereocenters. The molecule has 7 nitrogen and oxygen atoms in total. The third kappa shape index (κ3) is 5.01. The highest BCUT2D eigenvalue weighted by molar-refractivity contribution is 6.03. The predicted octanol–water partition coefficient (Wildman–Crippen LogP) is 4.22. The van der Waals surface area contributed by atoms with Gasteiger partial charge >= 0.3 is 18.3 Å². The van der Waals surface area contributed by atoms with E-state index in [2.05, 4.69) is 10.1 Å². The summed E-state index contributed by atoms with van der Waals surface area (Å²) in [5.41, 5.74) is -0.518. The molecule has 2 rings (SSSR count). The molecule has 3 N–H and O–H groups in total. The molecule has 31 heavy (non-hydrogen) atoms. The molecule has 0 aliphatic rings. The standard InChI is InChI=1S/C14H8F8N6O.C2H6/c1-28-10(26-11(29)6-3-2-5(4-23)9(24)25-6)7(13(17,18)19)8(27-28)12(15,16)14(20,21)22;1-2/h2-3H,1H3,(H2,24,25)(H,26,29);1-2H3. The van der Waals surface area contributed by atoms with Crippen LogP contribution >= 0.6 is 0 Å². The van der Waals surface area contributed by atoms with Gasteiger partial charge in [-0.3, -0.25) is 9.48 Å². The minimum absolute atomic E-state index is 0.0166. The zero-order valence-electron chi connectivity index (χ0n) is 16.0. The van der Waals surface area contributed by atoms with Gasteiger partial charge in [-0.15, -0.1) is 0 Å². The second kappa shape index (κ2) is 8.74. The monoisotopic (exact) mass is 458 g/mol. The van der Waals surface area contributed by atoms with Crippen LogP contribution < -0.4 is 11.1 Å². The average Bonchev–Trinajstić information content (AvgIpc) is 2.99. The van der Waals surface area contributed by atoms with Gasteiger partial charge in [0.05, 0.1) is 5.56 Å². The van der Waals surface area contributed by atoms with Crippen LogP contribution in [-0.2, 0) is 19.1 Å². The van der Waals surface area contributed by atoms with Crippen LogP contribution in [0.3, 0.4) is 0 Å². The molecule has 0 unspecified atom stereocenters. The number of halogens is 8. The smallest absolute Gasteiger partial charge is 0.383 e. The number of pyridine rings is 1. The first-order valence-corrected chi connectivity index (χ1v) is 8.18. The SMILES string of the molecule is CC.Cn1nc(C(F)(F)C(F)(F)F)c(C(F)(F)F)c1NC(=O)c1ccc(C#N)c(N)n1. The molecule has 0 fully saturated rings. The maximum absolute atomic E-state index is 13.6. The summed E-state index contributed by atoms with van der Waals surface area (Å²) >= 11 is 0. The van der Waals surface area contributed by atoms with Crippen molar-refractivity contribution in [2.24, 2.45) is 7.05 Å². The number of rotatable bonds is 3. The number of nitrogens with zero attached hydrogens (tertiary/aromatic N) is 4. The third-order valence-corrected chi connectivity index (χ3v) is 3.49. The third-order valence-electron chi connectivity index (χ3n) is 3.49. The van der Waals surface area contributed by atoms with Crippen molar-refractivity contribution in [2.45, 2.75) is 32.1 Å². The number of nitrogen functional groups attached to an aromatic ring is 1. The van der Waals surface area contributed by atoms with E-state index in [1.54, 1.807) is 11.4 Å². The number of carbonyl (C=O) groups is 1. The molecule has 0 aliphatic carbocycles. The van der Waals surface area contributed by atoms with Crippen molar-refractivity contribution < 1.29 is 39.9 Å². The molecule has 0 saturated heterocycles. The summed E-state index contributed by atoms with van der Waals surface area (Å²) < 4.78 is 105. The number of alkyl halides is 8. The first kappa shape index (κ1) is 25.6. The minimum atomic E-state index is -6.37. The first-order valence-electron chi connectivity index (χ1n) is 8.18. The highest BCUT2D eigenvalue weighted by atomic mass is 19.4. The minimum Gasteiger partial charge on any atom is -0.383 e. The summed E-state index contributed by atoms with van der Waals surface area (Å²) in [6.07, 6.45) is -12.1. The molecule has 0 bridgehead atoms. The second-order valence-electron chi connectivity index (χ2n) is 5.46. The Kier molecular flexibility index (Phi) is 7.22. The molecule has 2 aromatic heterocycles. The normalized spacial score (nSPS) is 11.9. The average molecular weight is 458 g/mol. The Hall–Kier alpha value is -3.44. The van der Waals surface area contributed by atoms with E-state index in [-0.39, 0.29) is 10.2 Å². The number of nitrogens with one attached hydrogen (secondary N) is 1. The predicted molar refractivity (Wildman–Crippen MR) is 90.8 cm³/mol. The van der Waals surface area contributed by atoms with E-state index in [4.69, 9.17) is 11.0 Å². The molecule has 1 amide bonds. The highest BCUT2D eigenvalue weighted by Gasteiger charge is 2.64. The number of nitrogens with two attached hydrogens (primary N) is 1. The van der Waals surface area contributed by atoms with E-state index >= 15 is 0 Å². The van der Waals surface area contributed by atoms with Crippen LogP contribution in [0.2, 0.25) is 0 Å². The summed E-state index contributed by atoms with van der Waals surface area (Å²) in [6, 6.07) is 3.51. The Balaban J connectivity index is 0.00000233. The zero-order valence-corrected chi connectivity index (χ0v) is 16.0. The molecule has 170 valence electrons. The summed E-state index contributed by atoms with van der Waals surface area (Å²) in [5, 5.41) is 12.9. The van der Waals surface area contributed by atoms with Crippen molar-refractivity contribution in [3.8, 4) is 6.07 Å². The summed E-state index contributed by atoms with van der Waals surface area (Å²) in [4.78, 5) is 15.6. The van der Waals surface area contributed by atoms with Crippen LogP contribution in [0.4, 0.5) is 46.8 Å². The number of anilines is 2. The maximum Gasteiger partial charge on any atom is 0.459 e. The largest absolute Gasteiger partial charge is 0.459 e. The van der Waals surface area contributed by atoms with Crippen LogP contribution in [0.25, 0.3) is 0 Å². The molecular formula is C16H14F8N6O. The van der Waals surface area contributed by atoms with Gasteiger partial charge in [0.1, 0.15) is 29.0 Å². The summed E-state index contributed by atoms with van der Waals surface area (Å²) in [5.74, 6) is -9.29. The number of aromatic nitrogens is 3. The van der Waals surface area contributed by atoms with Crippen LogP contribution in [-0.4, -0.2) is 26.8 Å². The van der Waals surface area contributed by atoms with Crippen molar-refractivity contribution >= 4 is 17.5 Å². The lowest BCUT2D eigenvalue weighted by Crippen LogP contribution is -2.36. The number of nitriles is 1. The van der Waals surface area contributed by atoms with Crippen molar-refractivity contribution in [2.75, 3.05) is 11.1 Å². The van der Waals surface area contributed by atoms with Gasteiger partial charge < -0.3 is 11.1 Å². The lowest BCUT2D eigenvalue weighted by atomic mass is 10.1. The maximum atomic E-state index is 13.6. The fourth-order valence-electron chi connectivity index (χ4n) is 2.16. The number of aryl methyl sites for hydroxylation is 1. The fourth-order valence-corrected chi connectivity index (χ4v) is 2.16. The molecule has 0 radical (unpaired) electrons. The lowest BCUT2D eigenvalue weighted by molar-refractivity contribution is -0.292. The Morgan fingerprint density at radius 3 is 2.10 bits per heavy atom. The van der Waals surface area contributed by atoms with E-state index < -0.39 is 52.8 Å². The molecule has 15 heteroatoms. The molecule has 0 saturated carbocycles. The van der Waals surface area contributed by atoms with Gasteiger partial charge in [-0.25, -0.2) is 4.98 Å². The molecular weight excluding hydrogens is 444 g/mol. The van der Waals surface area contributed by atoms with Crippen molar-refractivity contribution in [3.63, 3.8) is 0 Å². The Bertz CT molecular complexity index is 1000. The number of amides is 1. The van der Waals surface area contributed by atoms with Crippen molar-refractivity contribution in [3.05, 3.63) is 34.6 Å². The Morgan fingerprint density at radius 1 is 1.13 bits per heavy atom.